The summed E-state index contributed by atoms with van der Waals surface area (Å²) in [6.07, 6.45) is 6.87. The molecule has 0 saturated carbocycles. The van der Waals surface area contributed by atoms with Crippen molar-refractivity contribution in [1.82, 2.24) is 4.98 Å². The lowest BCUT2D eigenvalue weighted by Gasteiger charge is -2.11. The lowest BCUT2D eigenvalue weighted by atomic mass is 10.1. The van der Waals surface area contributed by atoms with Crippen LogP contribution in [-0.2, 0) is 17.6 Å². The van der Waals surface area contributed by atoms with E-state index < -0.39 is 0 Å². The standard InChI is InChI=1S/C18H20ClN3O2S2/c1-2-24-17(23)15-12-6-4-3-5-7-13(12)26-16(15)22-18(25)21-14-9-8-11(19)10-20-14/h8-10H,2-7H2,1H3,(H2,20,21,22,25). The number of thiocarbonyl (C=S) groups is 1. The van der Waals surface area contributed by atoms with Gasteiger partial charge in [-0.1, -0.05) is 18.0 Å². The van der Waals surface area contributed by atoms with Gasteiger partial charge in [-0.2, -0.15) is 0 Å². The van der Waals surface area contributed by atoms with Crippen LogP contribution in [0.1, 0.15) is 47.0 Å². The van der Waals surface area contributed by atoms with Gasteiger partial charge in [0.1, 0.15) is 10.8 Å². The number of carbonyl (C=O) groups excluding carboxylic acids is 1. The van der Waals surface area contributed by atoms with Crippen molar-refractivity contribution in [3.63, 3.8) is 0 Å². The first-order chi connectivity index (χ1) is 12.6. The number of fused-ring (bicyclic) bond motifs is 1. The third kappa shape index (κ3) is 4.52. The number of aryl methyl sites for hydroxylation is 1. The Morgan fingerprint density at radius 2 is 2.12 bits per heavy atom. The molecule has 0 spiro atoms. The Kier molecular flexibility index (Phi) is 6.45. The molecule has 0 amide bonds. The Balaban J connectivity index is 1.82. The molecule has 2 N–H and O–H groups in total. The van der Waals surface area contributed by atoms with Gasteiger partial charge >= 0.3 is 5.97 Å². The molecule has 8 heteroatoms. The second kappa shape index (κ2) is 8.79. The van der Waals surface area contributed by atoms with Crippen LogP contribution in [0.3, 0.4) is 0 Å². The first kappa shape index (κ1) is 19.1. The number of halogens is 1. The van der Waals surface area contributed by atoms with Gasteiger partial charge in [0.05, 0.1) is 17.2 Å². The Morgan fingerprint density at radius 3 is 2.85 bits per heavy atom. The lowest BCUT2D eigenvalue weighted by molar-refractivity contribution is 0.0527. The first-order valence-electron chi connectivity index (χ1n) is 8.59. The molecule has 1 aliphatic rings. The van der Waals surface area contributed by atoms with Gasteiger partial charge < -0.3 is 15.4 Å². The summed E-state index contributed by atoms with van der Waals surface area (Å²) < 4.78 is 5.28. The summed E-state index contributed by atoms with van der Waals surface area (Å²) in [4.78, 5) is 18.0. The molecule has 26 heavy (non-hydrogen) atoms. The van der Waals surface area contributed by atoms with E-state index in [2.05, 4.69) is 15.6 Å². The third-order valence-electron chi connectivity index (χ3n) is 4.10. The Bertz CT molecular complexity index is 806. The van der Waals surface area contributed by atoms with Crippen molar-refractivity contribution in [2.24, 2.45) is 0 Å². The maximum absolute atomic E-state index is 12.5. The van der Waals surface area contributed by atoms with E-state index in [0.29, 0.717) is 28.1 Å². The first-order valence-corrected chi connectivity index (χ1v) is 10.2. The number of rotatable bonds is 4. The van der Waals surface area contributed by atoms with Crippen LogP contribution in [0.4, 0.5) is 10.8 Å². The van der Waals surface area contributed by atoms with Gasteiger partial charge in [0.15, 0.2) is 5.11 Å². The summed E-state index contributed by atoms with van der Waals surface area (Å²) in [7, 11) is 0. The van der Waals surface area contributed by atoms with Crippen molar-refractivity contribution < 1.29 is 9.53 Å². The van der Waals surface area contributed by atoms with Crippen LogP contribution < -0.4 is 10.6 Å². The van der Waals surface area contributed by atoms with Crippen molar-refractivity contribution in [3.05, 3.63) is 39.4 Å². The fraction of sp³-hybridized carbons (Fsp3) is 0.389. The number of aromatic nitrogens is 1. The van der Waals surface area contributed by atoms with Crippen LogP contribution in [0.5, 0.6) is 0 Å². The highest BCUT2D eigenvalue weighted by Gasteiger charge is 2.26. The maximum atomic E-state index is 12.5. The molecule has 2 heterocycles. The Morgan fingerprint density at radius 1 is 1.31 bits per heavy atom. The predicted octanol–water partition coefficient (Wildman–Crippen LogP) is 5.05. The average Bonchev–Trinajstić information content (AvgIpc) is 2.78. The number of pyridine rings is 1. The molecule has 0 bridgehead atoms. The van der Waals surface area contributed by atoms with E-state index in [1.54, 1.807) is 29.7 Å². The largest absolute Gasteiger partial charge is 0.462 e. The minimum absolute atomic E-state index is 0.290. The van der Waals surface area contributed by atoms with Gasteiger partial charge in [-0.3, -0.25) is 0 Å². The van der Waals surface area contributed by atoms with Crippen LogP contribution in [0.15, 0.2) is 18.3 Å². The zero-order chi connectivity index (χ0) is 18.5. The normalized spacial score (nSPS) is 13.5. The van der Waals surface area contributed by atoms with Crippen LogP contribution in [0, 0.1) is 0 Å². The molecule has 138 valence electrons. The zero-order valence-corrected chi connectivity index (χ0v) is 16.8. The van der Waals surface area contributed by atoms with Crippen molar-refractivity contribution in [2.75, 3.05) is 17.2 Å². The van der Waals surface area contributed by atoms with E-state index >= 15 is 0 Å². The molecule has 0 radical (unpaired) electrons. The summed E-state index contributed by atoms with van der Waals surface area (Å²) in [5, 5.41) is 7.84. The summed E-state index contributed by atoms with van der Waals surface area (Å²) in [5.74, 6) is 0.296. The number of hydrogen-bond donors (Lipinski definition) is 2. The van der Waals surface area contributed by atoms with Crippen LogP contribution in [-0.4, -0.2) is 22.7 Å². The molecule has 0 unspecified atom stereocenters. The van der Waals surface area contributed by atoms with Gasteiger partial charge in [0, 0.05) is 11.1 Å². The van der Waals surface area contributed by atoms with Gasteiger partial charge in [0.2, 0.25) is 0 Å². The average molecular weight is 410 g/mol. The smallest absolute Gasteiger partial charge is 0.341 e. The molecule has 1 aliphatic carbocycles. The summed E-state index contributed by atoms with van der Waals surface area (Å²) in [6.45, 7) is 2.16. The summed E-state index contributed by atoms with van der Waals surface area (Å²) in [6, 6.07) is 3.48. The maximum Gasteiger partial charge on any atom is 0.341 e. The fourth-order valence-corrected chi connectivity index (χ4v) is 4.62. The van der Waals surface area contributed by atoms with Crippen LogP contribution in [0.25, 0.3) is 0 Å². The molecule has 0 atom stereocenters. The molecule has 3 rings (SSSR count). The number of anilines is 2. The minimum atomic E-state index is -0.290. The van der Waals surface area contributed by atoms with Gasteiger partial charge in [0.25, 0.3) is 0 Å². The molecule has 0 saturated heterocycles. The molecule has 2 aromatic rings. The van der Waals surface area contributed by atoms with E-state index in [9.17, 15) is 4.79 Å². The molecular weight excluding hydrogens is 390 g/mol. The number of nitrogens with one attached hydrogen (secondary N) is 2. The number of carbonyl (C=O) groups is 1. The highest BCUT2D eigenvalue weighted by Crippen LogP contribution is 2.38. The van der Waals surface area contributed by atoms with E-state index in [0.717, 1.165) is 36.2 Å². The number of hydrogen-bond acceptors (Lipinski definition) is 5. The fourth-order valence-electron chi connectivity index (χ4n) is 2.95. The zero-order valence-electron chi connectivity index (χ0n) is 14.4. The van der Waals surface area contributed by atoms with E-state index in [1.807, 2.05) is 6.92 Å². The van der Waals surface area contributed by atoms with Crippen molar-refractivity contribution in [1.29, 1.82) is 0 Å². The quantitative estimate of drug-likeness (QED) is 0.418. The highest BCUT2D eigenvalue weighted by atomic mass is 35.5. The number of esters is 1. The molecule has 0 aliphatic heterocycles. The highest BCUT2D eigenvalue weighted by molar-refractivity contribution is 7.80. The van der Waals surface area contributed by atoms with E-state index in [4.69, 9.17) is 28.6 Å². The number of thiophene rings is 1. The van der Waals surface area contributed by atoms with Crippen LogP contribution >= 0.6 is 35.2 Å². The van der Waals surface area contributed by atoms with E-state index in [1.165, 1.54) is 11.3 Å². The van der Waals surface area contributed by atoms with Gasteiger partial charge in [-0.25, -0.2) is 9.78 Å². The SMILES string of the molecule is CCOC(=O)c1c(NC(=S)Nc2ccc(Cl)cn2)sc2c1CCCCC2. The second-order valence-electron chi connectivity index (χ2n) is 5.93. The molecular formula is C18H20ClN3O2S2. The Labute approximate surface area is 167 Å². The topological polar surface area (TPSA) is 63.2 Å². The summed E-state index contributed by atoms with van der Waals surface area (Å²) >= 11 is 12.8. The second-order valence-corrected chi connectivity index (χ2v) is 7.88. The minimum Gasteiger partial charge on any atom is -0.462 e. The number of ether oxygens (including phenoxy) is 1. The molecule has 2 aromatic heterocycles. The van der Waals surface area contributed by atoms with Crippen LogP contribution in [0.2, 0.25) is 5.02 Å². The lowest BCUT2D eigenvalue weighted by Crippen LogP contribution is -2.21. The Hall–Kier alpha value is -1.70. The molecule has 0 fully saturated rings. The number of nitrogens with zero attached hydrogens (tertiary/aromatic N) is 1. The van der Waals surface area contributed by atoms with Crippen molar-refractivity contribution in [2.45, 2.75) is 39.0 Å². The third-order valence-corrected chi connectivity index (χ3v) is 5.73. The monoisotopic (exact) mass is 409 g/mol. The van der Waals surface area contributed by atoms with Crippen molar-refractivity contribution in [3.8, 4) is 0 Å². The predicted molar refractivity (Wildman–Crippen MR) is 111 cm³/mol. The van der Waals surface area contributed by atoms with Gasteiger partial charge in [-0.15, -0.1) is 11.3 Å². The summed E-state index contributed by atoms with van der Waals surface area (Å²) in [5.41, 5.74) is 1.74. The molecule has 0 aromatic carbocycles. The van der Waals surface area contributed by atoms with Crippen molar-refractivity contribution >= 4 is 57.1 Å². The molecule has 5 nitrogen and oxygen atoms in total. The van der Waals surface area contributed by atoms with E-state index in [-0.39, 0.29) is 5.97 Å². The van der Waals surface area contributed by atoms with Gasteiger partial charge in [-0.05, 0) is 62.5 Å².